The summed E-state index contributed by atoms with van der Waals surface area (Å²) < 4.78 is 13.3. The molecule has 1 aromatic carbocycles. The number of amides is 1. The first kappa shape index (κ1) is 13.2. The highest BCUT2D eigenvalue weighted by molar-refractivity contribution is 9.10. The van der Waals surface area contributed by atoms with Crippen LogP contribution in [0.25, 0.3) is 0 Å². The van der Waals surface area contributed by atoms with E-state index < -0.39 is 11.7 Å². The molecule has 2 rings (SSSR count). The van der Waals surface area contributed by atoms with E-state index in [-0.39, 0.29) is 10.2 Å². The van der Waals surface area contributed by atoms with Gasteiger partial charge in [0.1, 0.15) is 17.6 Å². The van der Waals surface area contributed by atoms with Crippen molar-refractivity contribution >= 4 is 27.5 Å². The Labute approximate surface area is 117 Å². The number of hydrogen-bond acceptors (Lipinski definition) is 3. The van der Waals surface area contributed by atoms with Gasteiger partial charge in [0.15, 0.2) is 0 Å². The van der Waals surface area contributed by atoms with Crippen molar-refractivity contribution in [2.45, 2.75) is 0 Å². The van der Waals surface area contributed by atoms with Gasteiger partial charge in [0, 0.05) is 11.9 Å². The van der Waals surface area contributed by atoms with Gasteiger partial charge in [0.2, 0.25) is 0 Å². The largest absolute Gasteiger partial charge is 0.321 e. The molecule has 0 aliphatic carbocycles. The lowest BCUT2D eigenvalue weighted by Crippen LogP contribution is -2.13. The van der Waals surface area contributed by atoms with Crippen LogP contribution in [0.1, 0.15) is 16.1 Å². The highest BCUT2D eigenvalue weighted by Gasteiger charge is 2.08. The number of hydrogen-bond donors (Lipinski definition) is 1. The van der Waals surface area contributed by atoms with Gasteiger partial charge >= 0.3 is 0 Å². The smallest absolute Gasteiger partial charge is 0.274 e. The zero-order valence-corrected chi connectivity index (χ0v) is 11.1. The number of nitrogens with zero attached hydrogens (tertiary/aromatic N) is 2. The zero-order chi connectivity index (χ0) is 13.8. The molecular formula is C13H7BrFN3O. The molecule has 0 radical (unpaired) electrons. The fraction of sp³-hybridized carbons (Fsp3) is 0. The highest BCUT2D eigenvalue weighted by Crippen LogP contribution is 2.20. The zero-order valence-electron chi connectivity index (χ0n) is 9.52. The molecular weight excluding hydrogens is 313 g/mol. The normalized spacial score (nSPS) is 9.74. The van der Waals surface area contributed by atoms with Crippen molar-refractivity contribution in [1.82, 2.24) is 4.98 Å². The monoisotopic (exact) mass is 319 g/mol. The van der Waals surface area contributed by atoms with Crippen molar-refractivity contribution in [3.8, 4) is 6.07 Å². The average molecular weight is 320 g/mol. The maximum absolute atomic E-state index is 13.0. The molecule has 2 aromatic rings. The van der Waals surface area contributed by atoms with Gasteiger partial charge in [-0.25, -0.2) is 9.37 Å². The third kappa shape index (κ3) is 3.14. The van der Waals surface area contributed by atoms with Crippen molar-refractivity contribution in [2.24, 2.45) is 0 Å². The molecule has 1 amide bonds. The summed E-state index contributed by atoms with van der Waals surface area (Å²) in [6.07, 6.45) is 1.31. The van der Waals surface area contributed by atoms with E-state index in [0.29, 0.717) is 11.3 Å². The van der Waals surface area contributed by atoms with Crippen molar-refractivity contribution in [3.63, 3.8) is 0 Å². The number of aromatic nitrogens is 1. The van der Waals surface area contributed by atoms with Gasteiger partial charge < -0.3 is 5.32 Å². The van der Waals surface area contributed by atoms with Crippen LogP contribution in [0.15, 0.2) is 41.0 Å². The molecule has 0 saturated carbocycles. The first-order valence-electron chi connectivity index (χ1n) is 5.22. The predicted octanol–water partition coefficient (Wildman–Crippen LogP) is 3.11. The Morgan fingerprint density at radius 3 is 2.74 bits per heavy atom. The Hall–Kier alpha value is -2.26. The predicted molar refractivity (Wildman–Crippen MR) is 71.0 cm³/mol. The molecule has 0 spiro atoms. The minimum Gasteiger partial charge on any atom is -0.321 e. The van der Waals surface area contributed by atoms with Gasteiger partial charge in [-0.05, 0) is 46.3 Å². The van der Waals surface area contributed by atoms with Gasteiger partial charge in [0.25, 0.3) is 5.91 Å². The van der Waals surface area contributed by atoms with E-state index in [0.717, 1.165) is 0 Å². The van der Waals surface area contributed by atoms with Crippen molar-refractivity contribution in [3.05, 3.63) is 58.1 Å². The molecule has 0 atom stereocenters. The number of anilines is 1. The molecule has 0 aliphatic heterocycles. The van der Waals surface area contributed by atoms with E-state index >= 15 is 0 Å². The lowest BCUT2D eigenvalue weighted by molar-refractivity contribution is 0.102. The van der Waals surface area contributed by atoms with E-state index in [9.17, 15) is 9.18 Å². The van der Waals surface area contributed by atoms with E-state index in [4.69, 9.17) is 5.26 Å². The van der Waals surface area contributed by atoms with Crippen LogP contribution in [0.2, 0.25) is 0 Å². The molecule has 0 bridgehead atoms. The molecule has 1 heterocycles. The fourth-order valence-electron chi connectivity index (χ4n) is 1.36. The number of carbonyl (C=O) groups is 1. The molecule has 6 heteroatoms. The van der Waals surface area contributed by atoms with E-state index in [1.165, 1.54) is 36.5 Å². The van der Waals surface area contributed by atoms with E-state index in [1.807, 2.05) is 6.07 Å². The summed E-state index contributed by atoms with van der Waals surface area (Å²) >= 11 is 3.03. The van der Waals surface area contributed by atoms with Crippen molar-refractivity contribution in [2.75, 3.05) is 5.32 Å². The Kier molecular flexibility index (Phi) is 3.88. The minimum absolute atomic E-state index is 0.180. The number of nitriles is 1. The summed E-state index contributed by atoms with van der Waals surface area (Å²) in [6, 6.07) is 9.01. The molecule has 0 aliphatic rings. The van der Waals surface area contributed by atoms with Gasteiger partial charge in [0.05, 0.1) is 10.0 Å². The fourth-order valence-corrected chi connectivity index (χ4v) is 1.74. The molecule has 1 N–H and O–H groups in total. The molecule has 0 saturated heterocycles. The van der Waals surface area contributed by atoms with Crippen LogP contribution in [-0.2, 0) is 0 Å². The molecule has 4 nitrogen and oxygen atoms in total. The van der Waals surface area contributed by atoms with Gasteiger partial charge in [-0.2, -0.15) is 5.26 Å². The lowest BCUT2D eigenvalue weighted by Gasteiger charge is -2.05. The van der Waals surface area contributed by atoms with Crippen LogP contribution in [0, 0.1) is 17.1 Å². The first-order chi connectivity index (χ1) is 9.10. The summed E-state index contributed by atoms with van der Waals surface area (Å²) in [5.74, 6) is -0.836. The van der Waals surface area contributed by atoms with Crippen LogP contribution < -0.4 is 5.32 Å². The molecule has 19 heavy (non-hydrogen) atoms. The second-order valence-electron chi connectivity index (χ2n) is 3.63. The number of pyridine rings is 1. The van der Waals surface area contributed by atoms with Crippen LogP contribution in [0.3, 0.4) is 0 Å². The highest BCUT2D eigenvalue weighted by atomic mass is 79.9. The van der Waals surface area contributed by atoms with Crippen molar-refractivity contribution < 1.29 is 9.18 Å². The van der Waals surface area contributed by atoms with E-state index in [1.54, 1.807) is 0 Å². The molecule has 94 valence electrons. The van der Waals surface area contributed by atoms with Crippen molar-refractivity contribution in [1.29, 1.82) is 5.26 Å². The van der Waals surface area contributed by atoms with Gasteiger partial charge in [-0.15, -0.1) is 0 Å². The standard InChI is InChI=1S/C13H7BrFN3O/c14-10-5-9(2-3-11(10)15)18-13(19)12-4-1-8(6-16)7-17-12/h1-5,7H,(H,18,19). The van der Waals surface area contributed by atoms with Gasteiger partial charge in [-0.3, -0.25) is 4.79 Å². The SMILES string of the molecule is N#Cc1ccc(C(=O)Nc2ccc(F)c(Br)c2)nc1. The molecule has 0 unspecified atom stereocenters. The molecule has 1 aromatic heterocycles. The minimum atomic E-state index is -0.428. The van der Waals surface area contributed by atoms with E-state index in [2.05, 4.69) is 26.2 Å². The van der Waals surface area contributed by atoms with Crippen LogP contribution in [-0.4, -0.2) is 10.9 Å². The van der Waals surface area contributed by atoms with Gasteiger partial charge in [-0.1, -0.05) is 0 Å². The van der Waals surface area contributed by atoms with Crippen LogP contribution >= 0.6 is 15.9 Å². The Morgan fingerprint density at radius 1 is 1.37 bits per heavy atom. The second-order valence-corrected chi connectivity index (χ2v) is 4.48. The summed E-state index contributed by atoms with van der Waals surface area (Å²) in [5, 5.41) is 11.2. The summed E-state index contributed by atoms with van der Waals surface area (Å²) in [6.45, 7) is 0. The Bertz CT molecular complexity index is 665. The third-order valence-electron chi connectivity index (χ3n) is 2.30. The van der Waals surface area contributed by atoms with Crippen LogP contribution in [0.5, 0.6) is 0 Å². The average Bonchev–Trinajstić information content (AvgIpc) is 2.43. The number of carbonyl (C=O) groups excluding carboxylic acids is 1. The third-order valence-corrected chi connectivity index (χ3v) is 2.91. The second kappa shape index (κ2) is 5.59. The summed E-state index contributed by atoms with van der Waals surface area (Å²) in [7, 11) is 0. The topological polar surface area (TPSA) is 65.8 Å². The lowest BCUT2D eigenvalue weighted by atomic mass is 10.2. The Morgan fingerprint density at radius 2 is 2.16 bits per heavy atom. The maximum Gasteiger partial charge on any atom is 0.274 e. The number of benzene rings is 1. The first-order valence-corrected chi connectivity index (χ1v) is 6.02. The number of rotatable bonds is 2. The summed E-state index contributed by atoms with van der Waals surface area (Å²) in [5.41, 5.74) is 1.00. The summed E-state index contributed by atoms with van der Waals surface area (Å²) in [4.78, 5) is 15.7. The molecule has 0 fully saturated rings. The van der Waals surface area contributed by atoms with Crippen LogP contribution in [0.4, 0.5) is 10.1 Å². The quantitative estimate of drug-likeness (QED) is 0.924. The Balaban J connectivity index is 2.16. The maximum atomic E-state index is 13.0. The number of nitrogens with one attached hydrogen (secondary N) is 1. The number of halogens is 2.